The van der Waals surface area contributed by atoms with Gasteiger partial charge in [0.25, 0.3) is 0 Å². The molecule has 0 aliphatic heterocycles. The van der Waals surface area contributed by atoms with Gasteiger partial charge in [-0.25, -0.2) is 4.79 Å². The van der Waals surface area contributed by atoms with E-state index in [2.05, 4.69) is 9.98 Å². The monoisotopic (exact) mass is 206 g/mol. The van der Waals surface area contributed by atoms with Gasteiger partial charge in [0.05, 0.1) is 5.71 Å². The van der Waals surface area contributed by atoms with Crippen LogP contribution in [0.3, 0.4) is 0 Å². The largest absolute Gasteiger partial charge is 0.477 e. The number of nitrogens with zero attached hydrogens (tertiary/aromatic N) is 1. The molecule has 0 aliphatic rings. The van der Waals surface area contributed by atoms with Gasteiger partial charge in [-0.1, -0.05) is 6.08 Å². The average Bonchev–Trinajstić information content (AvgIpc) is 2.68. The number of hydrogen-bond acceptors (Lipinski definition) is 2. The third-order valence-electron chi connectivity index (χ3n) is 2.22. The van der Waals surface area contributed by atoms with Gasteiger partial charge in [-0.3, -0.25) is 4.99 Å². The van der Waals surface area contributed by atoms with Crippen molar-refractivity contribution in [1.82, 2.24) is 4.98 Å². The maximum absolute atomic E-state index is 10.7. The van der Waals surface area contributed by atoms with Gasteiger partial charge in [0, 0.05) is 18.8 Å². The molecule has 0 aliphatic carbocycles. The molecule has 0 saturated heterocycles. The van der Waals surface area contributed by atoms with Crippen LogP contribution < -0.4 is 0 Å². The fourth-order valence-electron chi connectivity index (χ4n) is 1.32. The van der Waals surface area contributed by atoms with Crippen molar-refractivity contribution in [3.05, 3.63) is 35.2 Å². The third kappa shape index (κ3) is 2.34. The minimum atomic E-state index is -0.963. The zero-order chi connectivity index (χ0) is 11.4. The number of carbonyl (C=O) groups is 1. The molecule has 4 heteroatoms. The first kappa shape index (κ1) is 11.2. The van der Waals surface area contributed by atoms with Crippen molar-refractivity contribution >= 4 is 11.7 Å². The number of nitrogens with one attached hydrogen (secondary N) is 1. The van der Waals surface area contributed by atoms with Crippen molar-refractivity contribution in [2.24, 2.45) is 4.99 Å². The molecule has 1 heterocycles. The van der Waals surface area contributed by atoms with E-state index >= 15 is 0 Å². The standard InChI is InChI=1S/C11H14N2O2/c1-4-7(2)10(12-3)8-5-9(11(14)15)13-6-8/h4-6,13H,1-3H3,(H,14,15)/b7-4-,12-10?. The first-order valence-corrected chi connectivity index (χ1v) is 4.62. The van der Waals surface area contributed by atoms with Crippen molar-refractivity contribution < 1.29 is 9.90 Å². The van der Waals surface area contributed by atoms with E-state index in [0.29, 0.717) is 0 Å². The predicted molar refractivity (Wildman–Crippen MR) is 59.6 cm³/mol. The normalized spacial score (nSPS) is 13.0. The summed E-state index contributed by atoms with van der Waals surface area (Å²) in [5, 5.41) is 8.76. The first-order chi connectivity index (χ1) is 7.10. The minimum absolute atomic E-state index is 0.176. The van der Waals surface area contributed by atoms with Crippen LogP contribution in [-0.4, -0.2) is 28.8 Å². The van der Waals surface area contributed by atoms with E-state index in [9.17, 15) is 4.79 Å². The molecule has 0 spiro atoms. The lowest BCUT2D eigenvalue weighted by atomic mass is 10.1. The Balaban J connectivity index is 3.10. The molecule has 0 atom stereocenters. The van der Waals surface area contributed by atoms with Gasteiger partial charge >= 0.3 is 5.97 Å². The van der Waals surface area contributed by atoms with E-state index in [0.717, 1.165) is 16.8 Å². The van der Waals surface area contributed by atoms with Crippen molar-refractivity contribution in [2.75, 3.05) is 7.05 Å². The number of allylic oxidation sites excluding steroid dienone is 2. The number of aromatic carboxylic acids is 1. The van der Waals surface area contributed by atoms with Crippen LogP contribution in [0.25, 0.3) is 0 Å². The van der Waals surface area contributed by atoms with Crippen LogP contribution in [0.2, 0.25) is 0 Å². The molecule has 0 aromatic carbocycles. The summed E-state index contributed by atoms with van der Waals surface area (Å²) in [5.74, 6) is -0.963. The highest BCUT2D eigenvalue weighted by Crippen LogP contribution is 2.11. The Bertz CT molecular complexity index is 428. The number of aliphatic imine (C=N–C) groups is 1. The molecule has 2 N–H and O–H groups in total. The molecule has 0 bridgehead atoms. The topological polar surface area (TPSA) is 65.5 Å². The van der Waals surface area contributed by atoms with Crippen LogP contribution in [0, 0.1) is 0 Å². The summed E-state index contributed by atoms with van der Waals surface area (Å²) in [6, 6.07) is 1.58. The molecule has 1 aromatic rings. The van der Waals surface area contributed by atoms with Crippen molar-refractivity contribution in [2.45, 2.75) is 13.8 Å². The molecule has 80 valence electrons. The quantitative estimate of drug-likeness (QED) is 0.744. The van der Waals surface area contributed by atoms with Gasteiger partial charge in [-0.05, 0) is 25.5 Å². The number of carboxylic acids is 1. The number of hydrogen-bond donors (Lipinski definition) is 2. The second kappa shape index (κ2) is 4.59. The maximum atomic E-state index is 10.7. The smallest absolute Gasteiger partial charge is 0.352 e. The molecular formula is C11H14N2O2. The number of rotatable bonds is 3. The van der Waals surface area contributed by atoms with Gasteiger partial charge in [-0.15, -0.1) is 0 Å². The van der Waals surface area contributed by atoms with Gasteiger partial charge in [0.2, 0.25) is 0 Å². The van der Waals surface area contributed by atoms with Crippen LogP contribution in [-0.2, 0) is 0 Å². The summed E-state index contributed by atoms with van der Waals surface area (Å²) < 4.78 is 0. The van der Waals surface area contributed by atoms with E-state index < -0.39 is 5.97 Å². The zero-order valence-electron chi connectivity index (χ0n) is 9.03. The van der Waals surface area contributed by atoms with Crippen LogP contribution in [0.15, 0.2) is 28.9 Å². The van der Waals surface area contributed by atoms with Crippen molar-refractivity contribution in [3.63, 3.8) is 0 Å². The Hall–Kier alpha value is -1.84. The van der Waals surface area contributed by atoms with Crippen LogP contribution in [0.4, 0.5) is 0 Å². The Morgan fingerprint density at radius 1 is 1.60 bits per heavy atom. The van der Waals surface area contributed by atoms with Gasteiger partial charge in [-0.2, -0.15) is 0 Å². The van der Waals surface area contributed by atoms with E-state index in [1.54, 1.807) is 19.3 Å². The van der Waals surface area contributed by atoms with Crippen molar-refractivity contribution in [1.29, 1.82) is 0 Å². The summed E-state index contributed by atoms with van der Waals surface area (Å²) in [5.41, 5.74) is 2.80. The lowest BCUT2D eigenvalue weighted by molar-refractivity contribution is 0.0691. The van der Waals surface area contributed by atoms with E-state index in [4.69, 9.17) is 5.11 Å². The highest BCUT2D eigenvalue weighted by atomic mass is 16.4. The Labute approximate surface area is 88.4 Å². The number of H-pyrrole nitrogens is 1. The highest BCUT2D eigenvalue weighted by Gasteiger charge is 2.10. The fraction of sp³-hybridized carbons (Fsp3) is 0.273. The Kier molecular flexibility index (Phi) is 3.44. The van der Waals surface area contributed by atoms with E-state index in [1.807, 2.05) is 19.9 Å². The van der Waals surface area contributed by atoms with Crippen LogP contribution in [0.5, 0.6) is 0 Å². The van der Waals surface area contributed by atoms with Gasteiger partial charge in [0.15, 0.2) is 0 Å². The summed E-state index contributed by atoms with van der Waals surface area (Å²) in [4.78, 5) is 17.5. The molecule has 0 unspecified atom stereocenters. The second-order valence-corrected chi connectivity index (χ2v) is 3.15. The SMILES string of the molecule is C/C=C(/C)C(=NC)c1c[nH]c(C(=O)O)c1. The summed E-state index contributed by atoms with van der Waals surface area (Å²) in [6.45, 7) is 3.86. The Morgan fingerprint density at radius 2 is 2.27 bits per heavy atom. The van der Waals surface area contributed by atoms with E-state index in [1.165, 1.54) is 0 Å². The summed E-state index contributed by atoms with van der Waals surface area (Å²) in [7, 11) is 1.69. The fourth-order valence-corrected chi connectivity index (χ4v) is 1.32. The minimum Gasteiger partial charge on any atom is -0.477 e. The lowest BCUT2D eigenvalue weighted by Crippen LogP contribution is -2.01. The molecule has 0 saturated carbocycles. The molecule has 15 heavy (non-hydrogen) atoms. The van der Waals surface area contributed by atoms with Gasteiger partial charge in [0.1, 0.15) is 5.69 Å². The third-order valence-corrected chi connectivity index (χ3v) is 2.22. The first-order valence-electron chi connectivity index (χ1n) is 4.62. The highest BCUT2D eigenvalue weighted by molar-refractivity contribution is 6.12. The lowest BCUT2D eigenvalue weighted by Gasteiger charge is -2.01. The maximum Gasteiger partial charge on any atom is 0.352 e. The second-order valence-electron chi connectivity index (χ2n) is 3.15. The molecule has 1 rings (SSSR count). The predicted octanol–water partition coefficient (Wildman–Crippen LogP) is 2.10. The molecule has 0 amide bonds. The summed E-state index contributed by atoms with van der Waals surface area (Å²) >= 11 is 0. The zero-order valence-corrected chi connectivity index (χ0v) is 9.03. The molecule has 0 radical (unpaired) electrons. The van der Waals surface area contributed by atoms with Gasteiger partial charge < -0.3 is 10.1 Å². The number of carboxylic acid groups (broad SMARTS) is 1. The Morgan fingerprint density at radius 3 is 2.67 bits per heavy atom. The van der Waals surface area contributed by atoms with Crippen LogP contribution >= 0.6 is 0 Å². The molecular weight excluding hydrogens is 192 g/mol. The molecule has 1 aromatic heterocycles. The van der Waals surface area contributed by atoms with Crippen LogP contribution in [0.1, 0.15) is 29.9 Å². The summed E-state index contributed by atoms with van der Waals surface area (Å²) in [6.07, 6.45) is 3.59. The molecule has 4 nitrogen and oxygen atoms in total. The van der Waals surface area contributed by atoms with E-state index in [-0.39, 0.29) is 5.69 Å². The number of aromatic nitrogens is 1. The number of aromatic amines is 1. The van der Waals surface area contributed by atoms with Crippen molar-refractivity contribution in [3.8, 4) is 0 Å². The average molecular weight is 206 g/mol. The molecule has 0 fully saturated rings.